The van der Waals surface area contributed by atoms with Gasteiger partial charge < -0.3 is 24.6 Å². The van der Waals surface area contributed by atoms with Crippen molar-refractivity contribution in [2.75, 3.05) is 43.5 Å². The van der Waals surface area contributed by atoms with E-state index in [-0.39, 0.29) is 17.6 Å². The fourth-order valence-electron chi connectivity index (χ4n) is 4.87. The minimum absolute atomic E-state index is 0.0480. The summed E-state index contributed by atoms with van der Waals surface area (Å²) >= 11 is 1.25. The van der Waals surface area contributed by atoms with Gasteiger partial charge in [0.25, 0.3) is 5.91 Å². The lowest BCUT2D eigenvalue weighted by Gasteiger charge is -2.37. The number of aromatic nitrogens is 1. The van der Waals surface area contributed by atoms with Crippen LogP contribution in [0, 0.1) is 5.82 Å². The number of piperazine rings is 1. The van der Waals surface area contributed by atoms with E-state index in [0.29, 0.717) is 60.3 Å². The first-order chi connectivity index (χ1) is 19.0. The van der Waals surface area contributed by atoms with Crippen LogP contribution >= 0.6 is 11.3 Å². The van der Waals surface area contributed by atoms with Crippen molar-refractivity contribution in [1.29, 1.82) is 0 Å². The van der Waals surface area contributed by atoms with Gasteiger partial charge >= 0.3 is 6.09 Å². The quantitative estimate of drug-likeness (QED) is 0.457. The summed E-state index contributed by atoms with van der Waals surface area (Å²) in [6.45, 7) is 7.30. The van der Waals surface area contributed by atoms with E-state index in [2.05, 4.69) is 10.3 Å². The molecule has 1 atom stereocenters. The number of amides is 2. The summed E-state index contributed by atoms with van der Waals surface area (Å²) in [5, 5.41) is 4.96. The molecule has 1 N–H and O–H groups in total. The zero-order valence-electron chi connectivity index (χ0n) is 22.8. The van der Waals surface area contributed by atoms with Crippen LogP contribution in [-0.4, -0.2) is 66.6 Å². The highest BCUT2D eigenvalue weighted by Gasteiger charge is 2.34. The summed E-state index contributed by atoms with van der Waals surface area (Å²) < 4.78 is 24.9. The van der Waals surface area contributed by atoms with Crippen molar-refractivity contribution in [3.63, 3.8) is 0 Å². The predicted octanol–water partition coefficient (Wildman–Crippen LogP) is 5.12. The Morgan fingerprint density at radius 2 is 1.85 bits per heavy atom. The van der Waals surface area contributed by atoms with Gasteiger partial charge in [0.05, 0.1) is 24.4 Å². The largest absolute Gasteiger partial charge is 0.497 e. The molecule has 1 aromatic heterocycles. The number of halogens is 1. The third kappa shape index (κ3) is 5.79. The maximum absolute atomic E-state index is 14.2. The van der Waals surface area contributed by atoms with Crippen LogP contribution in [0.5, 0.6) is 5.75 Å². The Kier molecular flexibility index (Phi) is 7.50. The molecular formula is C29H31FN4O5S. The molecule has 3 aromatic rings. The number of hydrogen-bond acceptors (Lipinski definition) is 8. The Hall–Kier alpha value is -3.99. The molecule has 2 amide bonds. The average Bonchev–Trinajstić information content (AvgIpc) is 3.53. The van der Waals surface area contributed by atoms with Crippen molar-refractivity contribution in [1.82, 2.24) is 9.88 Å². The average molecular weight is 567 g/mol. The molecule has 1 aliphatic heterocycles. The Balaban J connectivity index is 1.27. The maximum atomic E-state index is 14.2. The number of Topliss-reactive ketones (excluding diaryl/α,β-unsaturated/α-hetero) is 1. The van der Waals surface area contributed by atoms with Crippen molar-refractivity contribution >= 4 is 40.5 Å². The molecule has 0 spiro atoms. The summed E-state index contributed by atoms with van der Waals surface area (Å²) in [6, 6.07) is 9.66. The van der Waals surface area contributed by atoms with Gasteiger partial charge in [0.1, 0.15) is 27.9 Å². The number of fused-ring (bicyclic) bond motifs is 1. The van der Waals surface area contributed by atoms with E-state index in [0.717, 1.165) is 5.56 Å². The fourth-order valence-corrected chi connectivity index (χ4v) is 5.77. The number of thiazole rings is 1. The van der Waals surface area contributed by atoms with Crippen LogP contribution in [0.4, 0.5) is 20.6 Å². The van der Waals surface area contributed by atoms with Crippen LogP contribution < -0.4 is 15.0 Å². The highest BCUT2D eigenvalue weighted by molar-refractivity contribution is 7.10. The number of ether oxygens (including phenoxy) is 2. The van der Waals surface area contributed by atoms with E-state index in [1.807, 2.05) is 37.8 Å². The predicted molar refractivity (Wildman–Crippen MR) is 150 cm³/mol. The van der Waals surface area contributed by atoms with Crippen molar-refractivity contribution in [2.45, 2.75) is 38.7 Å². The lowest BCUT2D eigenvalue weighted by molar-refractivity contribution is 0.0240. The lowest BCUT2D eigenvalue weighted by Crippen LogP contribution is -2.50. The summed E-state index contributed by atoms with van der Waals surface area (Å²) in [5.41, 5.74) is 2.06. The van der Waals surface area contributed by atoms with Gasteiger partial charge in [0.15, 0.2) is 5.78 Å². The van der Waals surface area contributed by atoms with E-state index in [1.165, 1.54) is 23.5 Å². The van der Waals surface area contributed by atoms with Crippen LogP contribution in [0.25, 0.3) is 0 Å². The van der Waals surface area contributed by atoms with Crippen molar-refractivity contribution in [3.05, 3.63) is 69.4 Å². The summed E-state index contributed by atoms with van der Waals surface area (Å²) in [5.74, 6) is -0.876. The van der Waals surface area contributed by atoms with Gasteiger partial charge in [-0.3, -0.25) is 9.59 Å². The Bertz CT molecular complexity index is 1460. The molecule has 2 aromatic carbocycles. The molecule has 1 aliphatic carbocycles. The van der Waals surface area contributed by atoms with E-state index in [4.69, 9.17) is 9.47 Å². The van der Waals surface area contributed by atoms with Crippen LogP contribution in [0.3, 0.4) is 0 Å². The minimum atomic E-state index is -0.583. The molecule has 0 saturated carbocycles. The molecule has 0 radical (unpaired) electrons. The zero-order valence-corrected chi connectivity index (χ0v) is 23.6. The second-order valence-electron chi connectivity index (χ2n) is 10.8. The second kappa shape index (κ2) is 10.9. The second-order valence-corrected chi connectivity index (χ2v) is 11.7. The molecule has 2 heterocycles. The van der Waals surface area contributed by atoms with Crippen LogP contribution in [0.1, 0.15) is 58.1 Å². The Morgan fingerprint density at radius 3 is 2.55 bits per heavy atom. The molecule has 2 aliphatic rings. The summed E-state index contributed by atoms with van der Waals surface area (Å²) in [4.78, 5) is 46.8. The third-order valence-corrected chi connectivity index (χ3v) is 7.81. The molecule has 1 fully saturated rings. The summed E-state index contributed by atoms with van der Waals surface area (Å²) in [7, 11) is 1.55. The number of nitrogens with zero attached hydrogens (tertiary/aromatic N) is 3. The number of carbonyl (C=O) groups is 3. The third-order valence-electron chi connectivity index (χ3n) is 6.85. The first-order valence-electron chi connectivity index (χ1n) is 13.0. The lowest BCUT2D eigenvalue weighted by atomic mass is 10.1. The minimum Gasteiger partial charge on any atom is -0.497 e. The topological polar surface area (TPSA) is 101 Å². The standard InChI is InChI=1S/C29H31FN4O5S/c1-29(2,3)39-28(37)34-11-9-33(10-12-34)24-8-6-18(30)14-22(24)31-26(36)23-16-40-27(32-23)21-13-17-5-7-19(38-4)15-20(17)25(21)35/h5-8,14-16,21H,9-13H2,1-4H3,(H,31,36). The number of carbonyl (C=O) groups excluding carboxylic acids is 3. The van der Waals surface area contributed by atoms with E-state index in [1.54, 1.807) is 29.5 Å². The van der Waals surface area contributed by atoms with Gasteiger partial charge in [0, 0.05) is 37.1 Å². The highest BCUT2D eigenvalue weighted by Crippen LogP contribution is 2.37. The van der Waals surface area contributed by atoms with Gasteiger partial charge in [-0.25, -0.2) is 14.2 Å². The van der Waals surface area contributed by atoms with Crippen molar-refractivity contribution in [3.8, 4) is 5.75 Å². The normalized spacial score (nSPS) is 17.0. The fraction of sp³-hybridized carbons (Fsp3) is 0.379. The molecule has 1 saturated heterocycles. The van der Waals surface area contributed by atoms with E-state index in [9.17, 15) is 18.8 Å². The molecule has 1 unspecified atom stereocenters. The van der Waals surface area contributed by atoms with Gasteiger partial charge in [0.2, 0.25) is 0 Å². The van der Waals surface area contributed by atoms with Gasteiger partial charge in [-0.2, -0.15) is 0 Å². The number of nitrogens with one attached hydrogen (secondary N) is 1. The van der Waals surface area contributed by atoms with Gasteiger partial charge in [-0.1, -0.05) is 6.07 Å². The van der Waals surface area contributed by atoms with E-state index < -0.39 is 23.2 Å². The maximum Gasteiger partial charge on any atom is 0.410 e. The number of ketones is 1. The van der Waals surface area contributed by atoms with Crippen LogP contribution in [0.2, 0.25) is 0 Å². The molecule has 210 valence electrons. The number of rotatable bonds is 5. The highest BCUT2D eigenvalue weighted by atomic mass is 32.1. The Labute approximate surface area is 235 Å². The molecule has 9 nitrogen and oxygen atoms in total. The molecule has 40 heavy (non-hydrogen) atoms. The Morgan fingerprint density at radius 1 is 1.10 bits per heavy atom. The smallest absolute Gasteiger partial charge is 0.410 e. The van der Waals surface area contributed by atoms with Crippen LogP contribution in [-0.2, 0) is 11.2 Å². The monoisotopic (exact) mass is 566 g/mol. The van der Waals surface area contributed by atoms with Crippen LogP contribution in [0.15, 0.2) is 41.8 Å². The van der Waals surface area contributed by atoms with Crippen molar-refractivity contribution in [2.24, 2.45) is 0 Å². The molecular weight excluding hydrogens is 535 g/mol. The SMILES string of the molecule is COc1ccc2c(c1)C(=O)C(c1nc(C(=O)Nc3cc(F)ccc3N3CCN(C(=O)OC(C)(C)C)CC3)cs1)C2. The summed E-state index contributed by atoms with van der Waals surface area (Å²) in [6.07, 6.45) is 0.137. The van der Waals surface area contributed by atoms with Crippen molar-refractivity contribution < 1.29 is 28.2 Å². The number of hydrogen-bond donors (Lipinski definition) is 1. The molecule has 11 heteroatoms. The molecule has 5 rings (SSSR count). The first-order valence-corrected chi connectivity index (χ1v) is 13.9. The number of anilines is 2. The van der Waals surface area contributed by atoms with Gasteiger partial charge in [-0.15, -0.1) is 11.3 Å². The van der Waals surface area contributed by atoms with Gasteiger partial charge in [-0.05, 0) is 63.1 Å². The first kappa shape index (κ1) is 27.6. The zero-order chi connectivity index (χ0) is 28.6. The number of benzene rings is 2. The van der Waals surface area contributed by atoms with E-state index >= 15 is 0 Å². The molecule has 0 bridgehead atoms. The number of methoxy groups -OCH3 is 1.